The van der Waals surface area contributed by atoms with Crippen molar-refractivity contribution in [2.24, 2.45) is 5.41 Å². The minimum atomic E-state index is 0.236. The smallest absolute Gasteiger partial charge is 0.231 e. The van der Waals surface area contributed by atoms with Crippen molar-refractivity contribution in [2.45, 2.75) is 40.3 Å². The first-order chi connectivity index (χ1) is 8.38. The summed E-state index contributed by atoms with van der Waals surface area (Å²) in [6.07, 6.45) is 0. The number of halogens is 1. The molecule has 1 heterocycles. The SMILES string of the molecule is CC(NCc1cc(Cl)c2c(c1)OCO2)C(C)(C)C. The van der Waals surface area contributed by atoms with Gasteiger partial charge in [-0.1, -0.05) is 32.4 Å². The van der Waals surface area contributed by atoms with Crippen LogP contribution in [0.5, 0.6) is 11.5 Å². The van der Waals surface area contributed by atoms with Crippen molar-refractivity contribution in [2.75, 3.05) is 6.79 Å². The normalized spacial score (nSPS) is 15.8. The molecule has 0 saturated heterocycles. The van der Waals surface area contributed by atoms with Gasteiger partial charge in [0.05, 0.1) is 5.02 Å². The lowest BCUT2D eigenvalue weighted by Crippen LogP contribution is -2.37. The zero-order chi connectivity index (χ0) is 13.3. The molecule has 1 unspecified atom stereocenters. The van der Waals surface area contributed by atoms with E-state index in [1.54, 1.807) is 0 Å². The fourth-order valence-corrected chi connectivity index (χ4v) is 1.99. The van der Waals surface area contributed by atoms with Crippen LogP contribution in [-0.2, 0) is 6.54 Å². The third kappa shape index (κ3) is 2.90. The van der Waals surface area contributed by atoms with E-state index in [1.165, 1.54) is 0 Å². The van der Waals surface area contributed by atoms with Gasteiger partial charge in [-0.05, 0) is 30.0 Å². The van der Waals surface area contributed by atoms with Crippen molar-refractivity contribution in [3.63, 3.8) is 0 Å². The summed E-state index contributed by atoms with van der Waals surface area (Å²) in [6, 6.07) is 4.33. The molecule has 2 rings (SSSR count). The molecule has 0 aliphatic carbocycles. The van der Waals surface area contributed by atoms with Crippen LogP contribution in [0.1, 0.15) is 33.3 Å². The molecule has 1 N–H and O–H groups in total. The Hall–Kier alpha value is -0.930. The fraction of sp³-hybridized carbons (Fsp3) is 0.571. The van der Waals surface area contributed by atoms with Crippen molar-refractivity contribution in [1.29, 1.82) is 0 Å². The third-order valence-electron chi connectivity index (χ3n) is 3.40. The van der Waals surface area contributed by atoms with E-state index in [9.17, 15) is 0 Å². The van der Waals surface area contributed by atoms with E-state index in [0.29, 0.717) is 16.8 Å². The van der Waals surface area contributed by atoms with Crippen molar-refractivity contribution in [3.8, 4) is 11.5 Å². The summed E-state index contributed by atoms with van der Waals surface area (Å²) in [7, 11) is 0. The van der Waals surface area contributed by atoms with E-state index in [1.807, 2.05) is 12.1 Å². The maximum atomic E-state index is 6.15. The van der Waals surface area contributed by atoms with Gasteiger partial charge in [0.15, 0.2) is 11.5 Å². The lowest BCUT2D eigenvalue weighted by Gasteiger charge is -2.28. The molecule has 1 aromatic carbocycles. The van der Waals surface area contributed by atoms with E-state index in [4.69, 9.17) is 21.1 Å². The Morgan fingerprint density at radius 2 is 2.06 bits per heavy atom. The van der Waals surface area contributed by atoms with Crippen LogP contribution in [0.3, 0.4) is 0 Å². The summed E-state index contributed by atoms with van der Waals surface area (Å²) in [5.41, 5.74) is 1.35. The van der Waals surface area contributed by atoms with Gasteiger partial charge in [0.25, 0.3) is 0 Å². The van der Waals surface area contributed by atoms with Gasteiger partial charge in [-0.25, -0.2) is 0 Å². The Morgan fingerprint density at radius 3 is 2.72 bits per heavy atom. The molecular formula is C14H20ClNO2. The maximum Gasteiger partial charge on any atom is 0.231 e. The number of benzene rings is 1. The molecule has 0 fully saturated rings. The molecule has 1 aliphatic rings. The van der Waals surface area contributed by atoms with E-state index in [2.05, 4.69) is 33.0 Å². The topological polar surface area (TPSA) is 30.5 Å². The summed E-state index contributed by atoms with van der Waals surface area (Å²) >= 11 is 6.15. The second-order valence-corrected chi connectivity index (χ2v) is 6.19. The molecule has 0 radical (unpaired) electrons. The van der Waals surface area contributed by atoms with Gasteiger partial charge in [-0.3, -0.25) is 0 Å². The Balaban J connectivity index is 2.05. The van der Waals surface area contributed by atoms with Gasteiger partial charge in [0, 0.05) is 12.6 Å². The standard InChI is InChI=1S/C14H20ClNO2/c1-9(14(2,3)4)16-7-10-5-11(15)13-12(6-10)17-8-18-13/h5-6,9,16H,7-8H2,1-4H3. The summed E-state index contributed by atoms with van der Waals surface area (Å²) in [4.78, 5) is 0. The second-order valence-electron chi connectivity index (χ2n) is 5.78. The van der Waals surface area contributed by atoms with Crippen molar-refractivity contribution in [3.05, 3.63) is 22.7 Å². The predicted molar refractivity (Wildman–Crippen MR) is 73.3 cm³/mol. The predicted octanol–water partition coefficient (Wildman–Crippen LogP) is 3.59. The van der Waals surface area contributed by atoms with Gasteiger partial charge < -0.3 is 14.8 Å². The minimum Gasteiger partial charge on any atom is -0.454 e. The van der Waals surface area contributed by atoms with Crippen LogP contribution in [0.15, 0.2) is 12.1 Å². The summed E-state index contributed by atoms with van der Waals surface area (Å²) in [6.45, 7) is 9.87. The Kier molecular flexibility index (Phi) is 3.74. The number of hydrogen-bond acceptors (Lipinski definition) is 3. The molecular weight excluding hydrogens is 250 g/mol. The average Bonchev–Trinajstić information content (AvgIpc) is 2.73. The molecule has 0 spiro atoms. The average molecular weight is 270 g/mol. The Bertz CT molecular complexity index is 440. The summed E-state index contributed by atoms with van der Waals surface area (Å²) in [5, 5.41) is 4.12. The first-order valence-electron chi connectivity index (χ1n) is 6.19. The van der Waals surface area contributed by atoms with Crippen molar-refractivity contribution >= 4 is 11.6 Å². The van der Waals surface area contributed by atoms with Gasteiger partial charge in [-0.2, -0.15) is 0 Å². The second kappa shape index (κ2) is 4.98. The first kappa shape index (κ1) is 13.5. The number of nitrogens with one attached hydrogen (secondary N) is 1. The van der Waals surface area contributed by atoms with Gasteiger partial charge in [0.1, 0.15) is 0 Å². The minimum absolute atomic E-state index is 0.236. The molecule has 0 amide bonds. The van der Waals surface area contributed by atoms with Crippen LogP contribution in [0.2, 0.25) is 5.02 Å². The maximum absolute atomic E-state index is 6.15. The molecule has 1 aliphatic heterocycles. The van der Waals surface area contributed by atoms with Crippen LogP contribution in [0, 0.1) is 5.41 Å². The van der Waals surface area contributed by atoms with Crippen LogP contribution < -0.4 is 14.8 Å². The highest BCUT2D eigenvalue weighted by Crippen LogP contribution is 2.39. The molecule has 1 atom stereocenters. The zero-order valence-electron chi connectivity index (χ0n) is 11.3. The molecule has 0 aromatic heterocycles. The van der Waals surface area contributed by atoms with Gasteiger partial charge >= 0.3 is 0 Å². The van der Waals surface area contributed by atoms with Crippen LogP contribution in [-0.4, -0.2) is 12.8 Å². The monoisotopic (exact) mass is 269 g/mol. The van der Waals surface area contributed by atoms with Crippen molar-refractivity contribution in [1.82, 2.24) is 5.32 Å². The first-order valence-corrected chi connectivity index (χ1v) is 6.57. The molecule has 3 nitrogen and oxygen atoms in total. The number of fused-ring (bicyclic) bond motifs is 1. The van der Waals surface area contributed by atoms with Gasteiger partial charge in [-0.15, -0.1) is 0 Å². The highest BCUT2D eigenvalue weighted by Gasteiger charge is 2.21. The van der Waals surface area contributed by atoms with Crippen LogP contribution in [0.25, 0.3) is 0 Å². The molecule has 100 valence electrons. The number of rotatable bonds is 3. The Morgan fingerprint density at radius 1 is 1.33 bits per heavy atom. The fourth-order valence-electron chi connectivity index (χ4n) is 1.70. The van der Waals surface area contributed by atoms with Gasteiger partial charge in [0.2, 0.25) is 6.79 Å². The molecule has 0 saturated carbocycles. The van der Waals surface area contributed by atoms with E-state index < -0.39 is 0 Å². The third-order valence-corrected chi connectivity index (χ3v) is 3.68. The summed E-state index contributed by atoms with van der Waals surface area (Å²) in [5.74, 6) is 1.40. The lowest BCUT2D eigenvalue weighted by molar-refractivity contribution is 0.174. The largest absolute Gasteiger partial charge is 0.454 e. The van der Waals surface area contributed by atoms with E-state index in [0.717, 1.165) is 17.9 Å². The van der Waals surface area contributed by atoms with E-state index >= 15 is 0 Å². The quantitative estimate of drug-likeness (QED) is 0.910. The lowest BCUT2D eigenvalue weighted by atomic mass is 9.88. The summed E-state index contributed by atoms with van der Waals surface area (Å²) < 4.78 is 10.6. The van der Waals surface area contributed by atoms with E-state index in [-0.39, 0.29) is 12.2 Å². The molecule has 0 bridgehead atoms. The molecule has 4 heteroatoms. The van der Waals surface area contributed by atoms with Crippen molar-refractivity contribution < 1.29 is 9.47 Å². The Labute approximate surface area is 113 Å². The highest BCUT2D eigenvalue weighted by atomic mass is 35.5. The number of ether oxygens (including phenoxy) is 2. The number of hydrogen-bond donors (Lipinski definition) is 1. The van der Waals surface area contributed by atoms with Crippen LogP contribution in [0.4, 0.5) is 0 Å². The molecule has 18 heavy (non-hydrogen) atoms. The molecule has 1 aromatic rings. The van der Waals surface area contributed by atoms with Crippen LogP contribution >= 0.6 is 11.6 Å². The zero-order valence-corrected chi connectivity index (χ0v) is 12.1. The highest BCUT2D eigenvalue weighted by molar-refractivity contribution is 6.32.